The molecule has 124 valence electrons. The Kier molecular flexibility index (Phi) is 6.02. The van der Waals surface area contributed by atoms with Gasteiger partial charge < -0.3 is 4.74 Å². The summed E-state index contributed by atoms with van der Waals surface area (Å²) in [4.78, 5) is 22.0. The van der Waals surface area contributed by atoms with Gasteiger partial charge in [-0.2, -0.15) is 5.10 Å². The maximum Gasteiger partial charge on any atom is 0.280 e. The monoisotopic (exact) mass is 391 g/mol. The highest BCUT2D eigenvalue weighted by Crippen LogP contribution is 2.18. The van der Waals surface area contributed by atoms with Crippen LogP contribution < -0.4 is 10.2 Å². The first-order valence-electron chi connectivity index (χ1n) is 6.95. The van der Waals surface area contributed by atoms with Crippen molar-refractivity contribution in [2.45, 2.75) is 13.0 Å². The number of rotatable bonds is 6. The smallest absolute Gasteiger partial charge is 0.280 e. The minimum Gasteiger partial charge on any atom is -0.481 e. The van der Waals surface area contributed by atoms with Crippen molar-refractivity contribution in [1.29, 1.82) is 0 Å². The molecule has 1 amide bonds. The SMILES string of the molecule is C[C@H](Oc1cccc(Br)c1)C(=O)N/N=C\c1ccc([N+](=O)[O-])cc1. The fourth-order valence-corrected chi connectivity index (χ4v) is 2.12. The highest BCUT2D eigenvalue weighted by molar-refractivity contribution is 9.10. The Hall–Kier alpha value is -2.74. The third-order valence-corrected chi connectivity index (χ3v) is 3.46. The van der Waals surface area contributed by atoms with E-state index in [0.717, 1.165) is 4.47 Å². The first kappa shape index (κ1) is 17.6. The Bertz CT molecular complexity index is 762. The number of nitrogens with zero attached hydrogens (tertiary/aromatic N) is 2. The average molecular weight is 392 g/mol. The lowest BCUT2D eigenvalue weighted by Gasteiger charge is -2.12. The Morgan fingerprint density at radius 1 is 1.33 bits per heavy atom. The number of amides is 1. The van der Waals surface area contributed by atoms with Crippen molar-refractivity contribution in [2.24, 2.45) is 5.10 Å². The molecule has 0 radical (unpaired) electrons. The maximum atomic E-state index is 11.9. The molecule has 0 aromatic heterocycles. The molecule has 0 aliphatic heterocycles. The van der Waals surface area contributed by atoms with Crippen LogP contribution in [0.1, 0.15) is 12.5 Å². The number of benzene rings is 2. The van der Waals surface area contributed by atoms with Crippen LogP contribution in [0.4, 0.5) is 5.69 Å². The summed E-state index contributed by atoms with van der Waals surface area (Å²) in [5.74, 6) is 0.152. The minimum absolute atomic E-state index is 0.00719. The van der Waals surface area contributed by atoms with Crippen molar-refractivity contribution in [3.63, 3.8) is 0 Å². The van der Waals surface area contributed by atoms with Crippen LogP contribution in [0.2, 0.25) is 0 Å². The molecule has 0 aliphatic carbocycles. The summed E-state index contributed by atoms with van der Waals surface area (Å²) in [6.07, 6.45) is 0.668. The van der Waals surface area contributed by atoms with Gasteiger partial charge in [0.2, 0.25) is 0 Å². The third kappa shape index (κ3) is 5.17. The molecule has 0 bridgehead atoms. The van der Waals surface area contributed by atoms with Crippen molar-refractivity contribution >= 4 is 33.7 Å². The third-order valence-electron chi connectivity index (χ3n) is 2.97. The van der Waals surface area contributed by atoms with E-state index >= 15 is 0 Å². The molecule has 1 atom stereocenters. The summed E-state index contributed by atoms with van der Waals surface area (Å²) in [5, 5.41) is 14.4. The van der Waals surface area contributed by atoms with Crippen LogP contribution in [0.15, 0.2) is 58.1 Å². The lowest BCUT2D eigenvalue weighted by Crippen LogP contribution is -2.33. The molecular formula is C16H14BrN3O4. The molecular weight excluding hydrogens is 378 g/mol. The molecule has 8 heteroatoms. The zero-order valence-electron chi connectivity index (χ0n) is 12.7. The Balaban J connectivity index is 1.88. The van der Waals surface area contributed by atoms with E-state index in [1.54, 1.807) is 25.1 Å². The number of halogens is 1. The molecule has 0 saturated heterocycles. The number of carbonyl (C=O) groups excluding carboxylic acids is 1. The number of hydrogen-bond donors (Lipinski definition) is 1. The van der Waals surface area contributed by atoms with Gasteiger partial charge in [0.1, 0.15) is 5.75 Å². The minimum atomic E-state index is -0.728. The van der Waals surface area contributed by atoms with E-state index in [1.165, 1.54) is 30.5 Å². The van der Waals surface area contributed by atoms with E-state index in [4.69, 9.17) is 4.74 Å². The second-order valence-corrected chi connectivity index (χ2v) is 5.72. The van der Waals surface area contributed by atoms with Gasteiger partial charge in [0.25, 0.3) is 11.6 Å². The lowest BCUT2D eigenvalue weighted by molar-refractivity contribution is -0.384. The molecule has 0 aliphatic rings. The molecule has 0 heterocycles. The predicted octanol–water partition coefficient (Wildman–Crippen LogP) is 3.27. The maximum absolute atomic E-state index is 11.9. The molecule has 2 rings (SSSR count). The standard InChI is InChI=1S/C16H14BrN3O4/c1-11(24-15-4-2-3-13(17)9-15)16(21)19-18-10-12-5-7-14(8-6-12)20(22)23/h2-11H,1H3,(H,19,21)/b18-10-/t11-/m0/s1. The van der Waals surface area contributed by atoms with Crippen LogP contribution in [-0.2, 0) is 4.79 Å². The zero-order valence-corrected chi connectivity index (χ0v) is 14.3. The van der Waals surface area contributed by atoms with Gasteiger partial charge in [0.05, 0.1) is 11.1 Å². The van der Waals surface area contributed by atoms with Crippen LogP contribution in [0.5, 0.6) is 5.75 Å². The van der Waals surface area contributed by atoms with Gasteiger partial charge in [-0.3, -0.25) is 14.9 Å². The molecule has 0 spiro atoms. The molecule has 24 heavy (non-hydrogen) atoms. The number of nitro benzene ring substituents is 1. The largest absolute Gasteiger partial charge is 0.481 e. The van der Waals surface area contributed by atoms with E-state index < -0.39 is 16.9 Å². The number of nitrogens with one attached hydrogen (secondary N) is 1. The van der Waals surface area contributed by atoms with Crippen LogP contribution in [-0.4, -0.2) is 23.1 Å². The number of hydrogen-bond acceptors (Lipinski definition) is 5. The molecule has 0 fully saturated rings. The number of nitro groups is 1. The summed E-state index contributed by atoms with van der Waals surface area (Å²) in [5.41, 5.74) is 2.98. The van der Waals surface area contributed by atoms with Crippen molar-refractivity contribution in [3.05, 3.63) is 68.7 Å². The van der Waals surface area contributed by atoms with Gasteiger partial charge >= 0.3 is 0 Å². The zero-order chi connectivity index (χ0) is 17.5. The van der Waals surface area contributed by atoms with Crippen LogP contribution >= 0.6 is 15.9 Å². The van der Waals surface area contributed by atoms with Crippen molar-refractivity contribution in [3.8, 4) is 5.75 Å². The summed E-state index contributed by atoms with van der Waals surface area (Å²) in [7, 11) is 0. The van der Waals surface area contributed by atoms with Gasteiger partial charge in [-0.15, -0.1) is 0 Å². The quantitative estimate of drug-likeness (QED) is 0.464. The van der Waals surface area contributed by atoms with Crippen LogP contribution in [0, 0.1) is 10.1 Å². The Labute approximate surface area is 146 Å². The van der Waals surface area contributed by atoms with E-state index in [-0.39, 0.29) is 5.69 Å². The molecule has 7 nitrogen and oxygen atoms in total. The first-order chi connectivity index (χ1) is 11.5. The molecule has 2 aromatic carbocycles. The normalized spacial score (nSPS) is 11.9. The van der Waals surface area contributed by atoms with Gasteiger partial charge in [0.15, 0.2) is 6.10 Å². The second kappa shape index (κ2) is 8.21. The van der Waals surface area contributed by atoms with Crippen molar-refractivity contribution in [1.82, 2.24) is 5.43 Å². The van der Waals surface area contributed by atoms with Gasteiger partial charge in [-0.1, -0.05) is 22.0 Å². The van der Waals surface area contributed by atoms with Crippen molar-refractivity contribution < 1.29 is 14.5 Å². The van der Waals surface area contributed by atoms with Gasteiger partial charge in [0, 0.05) is 16.6 Å². The molecule has 1 N–H and O–H groups in total. The van der Waals surface area contributed by atoms with Gasteiger partial charge in [-0.05, 0) is 42.8 Å². The summed E-state index contributed by atoms with van der Waals surface area (Å²) < 4.78 is 6.36. The van der Waals surface area contributed by atoms with Crippen molar-refractivity contribution in [2.75, 3.05) is 0 Å². The summed E-state index contributed by atoms with van der Waals surface area (Å²) >= 11 is 3.32. The first-order valence-corrected chi connectivity index (χ1v) is 7.74. The summed E-state index contributed by atoms with van der Waals surface area (Å²) in [6.45, 7) is 1.61. The average Bonchev–Trinajstić information content (AvgIpc) is 2.55. The molecule has 2 aromatic rings. The highest BCUT2D eigenvalue weighted by Gasteiger charge is 2.13. The fourth-order valence-electron chi connectivity index (χ4n) is 1.74. The Morgan fingerprint density at radius 2 is 2.04 bits per heavy atom. The lowest BCUT2D eigenvalue weighted by atomic mass is 10.2. The number of ether oxygens (including phenoxy) is 1. The molecule has 0 saturated carbocycles. The number of non-ortho nitro benzene ring substituents is 1. The topological polar surface area (TPSA) is 93.8 Å². The van der Waals surface area contributed by atoms with E-state index in [9.17, 15) is 14.9 Å². The second-order valence-electron chi connectivity index (χ2n) is 4.80. The van der Waals surface area contributed by atoms with Crippen LogP contribution in [0.3, 0.4) is 0 Å². The fraction of sp³-hybridized carbons (Fsp3) is 0.125. The van der Waals surface area contributed by atoms with E-state index in [0.29, 0.717) is 11.3 Å². The summed E-state index contributed by atoms with van der Waals surface area (Å²) in [6, 6.07) is 13.0. The predicted molar refractivity (Wildman–Crippen MR) is 93.1 cm³/mol. The molecule has 0 unspecified atom stereocenters. The number of hydrazone groups is 1. The van der Waals surface area contributed by atoms with Gasteiger partial charge in [-0.25, -0.2) is 5.43 Å². The van der Waals surface area contributed by atoms with E-state index in [2.05, 4.69) is 26.5 Å². The number of carbonyl (C=O) groups is 1. The van der Waals surface area contributed by atoms with E-state index in [1.807, 2.05) is 6.07 Å². The highest BCUT2D eigenvalue weighted by atomic mass is 79.9. The Morgan fingerprint density at radius 3 is 2.67 bits per heavy atom. The van der Waals surface area contributed by atoms with Crippen LogP contribution in [0.25, 0.3) is 0 Å².